The van der Waals surface area contributed by atoms with Gasteiger partial charge in [0, 0.05) is 12.6 Å². The van der Waals surface area contributed by atoms with Crippen molar-refractivity contribution in [2.45, 2.75) is 23.8 Å². The average Bonchev–Trinajstić information content (AvgIpc) is 2.88. The Morgan fingerprint density at radius 1 is 1.48 bits per heavy atom. The molecule has 0 aromatic heterocycles. The molecule has 1 aliphatic heterocycles. The van der Waals surface area contributed by atoms with E-state index in [1.54, 1.807) is 0 Å². The molecule has 1 aromatic carbocycles. The first-order valence-electron chi connectivity index (χ1n) is 5.93. The zero-order valence-electron chi connectivity index (χ0n) is 10.6. The molecule has 1 aromatic rings. The number of benzene rings is 1. The molecule has 0 amide bonds. The fraction of sp³-hybridized carbons (Fsp3) is 0.364. The lowest BCUT2D eigenvalue weighted by molar-refractivity contribution is -0.385. The highest BCUT2D eigenvalue weighted by atomic mass is 32.2. The maximum absolute atomic E-state index is 13.8. The van der Waals surface area contributed by atoms with E-state index in [4.69, 9.17) is 5.11 Å². The van der Waals surface area contributed by atoms with Crippen LogP contribution in [-0.2, 0) is 14.8 Å². The van der Waals surface area contributed by atoms with E-state index in [-0.39, 0.29) is 13.0 Å². The van der Waals surface area contributed by atoms with Gasteiger partial charge in [-0.2, -0.15) is 4.31 Å². The molecule has 114 valence electrons. The molecule has 0 bridgehead atoms. The number of aliphatic carboxylic acids is 1. The molecule has 1 N–H and O–H groups in total. The summed E-state index contributed by atoms with van der Waals surface area (Å²) in [6, 6.07) is 0.894. The zero-order chi connectivity index (χ0) is 15.8. The predicted octanol–water partition coefficient (Wildman–Crippen LogP) is 0.972. The molecule has 1 heterocycles. The lowest BCUT2D eigenvalue weighted by atomic mass is 10.2. The van der Waals surface area contributed by atoms with Crippen molar-refractivity contribution in [3.05, 3.63) is 34.1 Å². The van der Waals surface area contributed by atoms with Gasteiger partial charge in [-0.3, -0.25) is 14.9 Å². The summed E-state index contributed by atoms with van der Waals surface area (Å²) in [6.45, 7) is -0.0320. The van der Waals surface area contributed by atoms with Crippen LogP contribution in [0.25, 0.3) is 0 Å². The maximum Gasteiger partial charge on any atom is 0.322 e. The number of hydrogen-bond acceptors (Lipinski definition) is 5. The number of nitro groups is 1. The van der Waals surface area contributed by atoms with Crippen LogP contribution in [0, 0.1) is 15.9 Å². The molecule has 1 aliphatic rings. The van der Waals surface area contributed by atoms with Gasteiger partial charge < -0.3 is 5.11 Å². The van der Waals surface area contributed by atoms with Crippen molar-refractivity contribution >= 4 is 21.7 Å². The van der Waals surface area contributed by atoms with Crippen LogP contribution < -0.4 is 0 Å². The van der Waals surface area contributed by atoms with Crippen LogP contribution >= 0.6 is 0 Å². The van der Waals surface area contributed by atoms with Gasteiger partial charge in [0.15, 0.2) is 0 Å². The van der Waals surface area contributed by atoms with Crippen LogP contribution in [0.2, 0.25) is 0 Å². The van der Waals surface area contributed by atoms with E-state index >= 15 is 0 Å². The summed E-state index contributed by atoms with van der Waals surface area (Å²) in [5.74, 6) is -2.58. The van der Waals surface area contributed by atoms with E-state index in [0.29, 0.717) is 16.8 Å². The average molecular weight is 318 g/mol. The first kappa shape index (κ1) is 15.3. The van der Waals surface area contributed by atoms with Gasteiger partial charge in [-0.1, -0.05) is 0 Å². The van der Waals surface area contributed by atoms with Gasteiger partial charge in [-0.15, -0.1) is 0 Å². The van der Waals surface area contributed by atoms with Gasteiger partial charge in [0.1, 0.15) is 16.8 Å². The highest BCUT2D eigenvalue weighted by Crippen LogP contribution is 2.29. The summed E-state index contributed by atoms with van der Waals surface area (Å²) in [7, 11) is -4.35. The smallest absolute Gasteiger partial charge is 0.322 e. The second kappa shape index (κ2) is 5.37. The molecule has 1 saturated heterocycles. The summed E-state index contributed by atoms with van der Waals surface area (Å²) in [5, 5.41) is 19.5. The topological polar surface area (TPSA) is 118 Å². The van der Waals surface area contributed by atoms with E-state index in [0.717, 1.165) is 12.1 Å². The first-order chi connectivity index (χ1) is 9.75. The Balaban J connectivity index is 2.45. The predicted molar refractivity (Wildman–Crippen MR) is 67.6 cm³/mol. The molecule has 0 saturated carbocycles. The van der Waals surface area contributed by atoms with E-state index in [9.17, 15) is 27.7 Å². The van der Waals surface area contributed by atoms with Crippen LogP contribution in [0.4, 0.5) is 10.1 Å². The number of rotatable bonds is 4. The molecular formula is C11H11FN2O6S. The van der Waals surface area contributed by atoms with Crippen molar-refractivity contribution in [1.82, 2.24) is 4.31 Å². The summed E-state index contributed by atoms with van der Waals surface area (Å²) in [6.07, 6.45) is 0.494. The van der Waals surface area contributed by atoms with Gasteiger partial charge in [0.2, 0.25) is 10.0 Å². The Morgan fingerprint density at radius 3 is 2.67 bits per heavy atom. The van der Waals surface area contributed by atoms with Crippen molar-refractivity contribution in [1.29, 1.82) is 0 Å². The molecule has 1 fully saturated rings. The highest BCUT2D eigenvalue weighted by molar-refractivity contribution is 7.89. The standard InChI is InChI=1S/C11H11FN2O6S/c12-8-6-7(14(17)18)3-4-10(8)21(19,20)13-5-1-2-9(13)11(15)16/h3-4,6,9H,1-2,5H2,(H,15,16). The van der Waals surface area contributed by atoms with Crippen LogP contribution in [-0.4, -0.2) is 41.3 Å². The number of sulfonamides is 1. The highest BCUT2D eigenvalue weighted by Gasteiger charge is 2.40. The largest absolute Gasteiger partial charge is 0.480 e. The number of halogens is 1. The first-order valence-corrected chi connectivity index (χ1v) is 7.37. The lowest BCUT2D eigenvalue weighted by Gasteiger charge is -2.21. The normalized spacial score (nSPS) is 19.6. The molecule has 10 heteroatoms. The summed E-state index contributed by atoms with van der Waals surface area (Å²) >= 11 is 0. The van der Waals surface area contributed by atoms with Crippen molar-refractivity contribution in [2.75, 3.05) is 6.54 Å². The fourth-order valence-corrected chi connectivity index (χ4v) is 3.91. The zero-order valence-corrected chi connectivity index (χ0v) is 11.4. The SMILES string of the molecule is O=C(O)C1CCCN1S(=O)(=O)c1ccc([N+](=O)[O-])cc1F. The Labute approximate surface area is 119 Å². The van der Waals surface area contributed by atoms with Gasteiger partial charge in [0.05, 0.1) is 11.0 Å². The number of carbonyl (C=O) groups is 1. The maximum atomic E-state index is 13.8. The van der Waals surface area contributed by atoms with Crippen molar-refractivity contribution in [3.8, 4) is 0 Å². The molecular weight excluding hydrogens is 307 g/mol. The van der Waals surface area contributed by atoms with Crippen LogP contribution in [0.15, 0.2) is 23.1 Å². The van der Waals surface area contributed by atoms with Crippen LogP contribution in [0.1, 0.15) is 12.8 Å². The number of hydrogen-bond donors (Lipinski definition) is 1. The third-order valence-corrected chi connectivity index (χ3v) is 5.14. The minimum absolute atomic E-state index is 0.0320. The number of nitrogens with zero attached hydrogens (tertiary/aromatic N) is 2. The number of carboxylic acids is 1. The Morgan fingerprint density at radius 2 is 2.14 bits per heavy atom. The number of carboxylic acid groups (broad SMARTS) is 1. The van der Waals surface area contributed by atoms with Gasteiger partial charge in [-0.05, 0) is 18.9 Å². The summed E-state index contributed by atoms with van der Waals surface area (Å²) < 4.78 is 39.1. The monoisotopic (exact) mass is 318 g/mol. The van der Waals surface area contributed by atoms with E-state index in [2.05, 4.69) is 0 Å². The minimum atomic E-state index is -4.35. The number of nitro benzene ring substituents is 1. The Kier molecular flexibility index (Phi) is 3.92. The summed E-state index contributed by atoms with van der Waals surface area (Å²) in [4.78, 5) is 19.9. The van der Waals surface area contributed by atoms with E-state index in [1.165, 1.54) is 0 Å². The minimum Gasteiger partial charge on any atom is -0.480 e. The second-order valence-corrected chi connectivity index (χ2v) is 6.34. The van der Waals surface area contributed by atoms with Gasteiger partial charge >= 0.3 is 5.97 Å². The fourth-order valence-electron chi connectivity index (χ4n) is 2.21. The molecule has 21 heavy (non-hydrogen) atoms. The van der Waals surface area contributed by atoms with Crippen molar-refractivity contribution in [3.63, 3.8) is 0 Å². The lowest BCUT2D eigenvalue weighted by Crippen LogP contribution is -2.40. The van der Waals surface area contributed by atoms with Crippen molar-refractivity contribution in [2.24, 2.45) is 0 Å². The van der Waals surface area contributed by atoms with Crippen LogP contribution in [0.5, 0.6) is 0 Å². The van der Waals surface area contributed by atoms with E-state index in [1.807, 2.05) is 0 Å². The van der Waals surface area contributed by atoms with Gasteiger partial charge in [0.25, 0.3) is 5.69 Å². The molecule has 8 nitrogen and oxygen atoms in total. The molecule has 2 rings (SSSR count). The molecule has 0 aliphatic carbocycles. The third kappa shape index (κ3) is 2.72. The van der Waals surface area contributed by atoms with Crippen molar-refractivity contribution < 1.29 is 27.6 Å². The summed E-state index contributed by atoms with van der Waals surface area (Å²) in [5.41, 5.74) is -0.581. The van der Waals surface area contributed by atoms with Crippen LogP contribution in [0.3, 0.4) is 0 Å². The Hall–Kier alpha value is -2.07. The third-order valence-electron chi connectivity index (χ3n) is 3.20. The number of non-ortho nitro benzene ring substituents is 1. The van der Waals surface area contributed by atoms with Gasteiger partial charge in [-0.25, -0.2) is 12.8 Å². The second-order valence-electron chi connectivity index (χ2n) is 4.48. The molecule has 0 radical (unpaired) electrons. The molecule has 1 unspecified atom stereocenters. The van der Waals surface area contributed by atoms with E-state index < -0.39 is 43.4 Å². The molecule has 1 atom stereocenters. The molecule has 0 spiro atoms. The Bertz CT molecular complexity index is 705. The quantitative estimate of drug-likeness (QED) is 0.653.